The molecule has 3 aliphatic heterocycles. The minimum atomic E-state index is -0.295. The average Bonchev–Trinajstić information content (AvgIpc) is 3.30. The van der Waals surface area contributed by atoms with Crippen LogP contribution in [0.2, 0.25) is 0 Å². The lowest BCUT2D eigenvalue weighted by molar-refractivity contribution is 0.122. The van der Waals surface area contributed by atoms with Crippen LogP contribution < -0.4 is 14.9 Å². The number of anilines is 3. The number of allylic oxidation sites excluding steroid dienone is 1. The normalized spacial score (nSPS) is 21.1. The van der Waals surface area contributed by atoms with E-state index in [1.807, 2.05) is 41.7 Å². The fraction of sp³-hybridized carbons (Fsp3) is 0.261. The number of ether oxygens (including phenoxy) is 1. The fourth-order valence-electron chi connectivity index (χ4n) is 3.91. The van der Waals surface area contributed by atoms with Gasteiger partial charge in [-0.25, -0.2) is 14.4 Å². The second-order valence-corrected chi connectivity index (χ2v) is 7.52. The smallest absolute Gasteiger partial charge is 0.130 e. The van der Waals surface area contributed by atoms with E-state index >= 15 is 0 Å². The van der Waals surface area contributed by atoms with Crippen LogP contribution in [0.3, 0.4) is 0 Å². The molecule has 1 atom stereocenters. The number of halogens is 1. The summed E-state index contributed by atoms with van der Waals surface area (Å²) in [5.41, 5.74) is 3.22. The highest BCUT2D eigenvalue weighted by Gasteiger charge is 2.30. The Bertz CT molecular complexity index is 1080. The van der Waals surface area contributed by atoms with Crippen LogP contribution in [0.15, 0.2) is 77.2 Å². The Morgan fingerprint density at radius 1 is 1.10 bits per heavy atom. The van der Waals surface area contributed by atoms with Gasteiger partial charge in [-0.05, 0) is 35.9 Å². The van der Waals surface area contributed by atoms with E-state index in [1.54, 1.807) is 17.3 Å². The molecular weight excluding hydrogens is 395 g/mol. The summed E-state index contributed by atoms with van der Waals surface area (Å²) in [5, 5.41) is 13.0. The maximum absolute atomic E-state index is 13.8. The van der Waals surface area contributed by atoms with E-state index in [-0.39, 0.29) is 11.9 Å². The van der Waals surface area contributed by atoms with Gasteiger partial charge in [0.05, 0.1) is 30.3 Å². The predicted octanol–water partition coefficient (Wildman–Crippen LogP) is 3.57. The van der Waals surface area contributed by atoms with E-state index in [4.69, 9.17) is 9.84 Å². The number of aromatic nitrogens is 1. The number of hydrogen-bond acceptors (Lipinski definition) is 7. The molecule has 31 heavy (non-hydrogen) atoms. The molecule has 0 saturated carbocycles. The minimum absolute atomic E-state index is 0.151. The quantitative estimate of drug-likeness (QED) is 0.760. The van der Waals surface area contributed by atoms with Crippen LogP contribution in [-0.2, 0) is 4.74 Å². The van der Waals surface area contributed by atoms with Gasteiger partial charge in [-0.1, -0.05) is 12.6 Å². The summed E-state index contributed by atoms with van der Waals surface area (Å²) in [6.07, 6.45) is 8.14. The average molecular weight is 418 g/mol. The molecule has 1 fully saturated rings. The molecule has 4 heterocycles. The SMILES string of the molecule is C=C1C=CN(c2ccnc(N3CCOCC3)c2)N=C1C1CC=NN1c1cccc(F)c1. The first kappa shape index (κ1) is 19.4. The van der Waals surface area contributed by atoms with Crippen molar-refractivity contribution in [2.75, 3.05) is 41.2 Å². The third-order valence-electron chi connectivity index (χ3n) is 5.51. The Labute approximate surface area is 180 Å². The largest absolute Gasteiger partial charge is 0.378 e. The summed E-state index contributed by atoms with van der Waals surface area (Å²) >= 11 is 0. The molecule has 0 bridgehead atoms. The van der Waals surface area contributed by atoms with Crippen molar-refractivity contribution in [1.29, 1.82) is 0 Å². The van der Waals surface area contributed by atoms with Gasteiger partial charge in [0.1, 0.15) is 17.7 Å². The predicted molar refractivity (Wildman–Crippen MR) is 121 cm³/mol. The van der Waals surface area contributed by atoms with E-state index in [2.05, 4.69) is 21.6 Å². The molecule has 1 unspecified atom stereocenters. The molecule has 0 N–H and O–H groups in total. The standard InChI is InChI=1S/C23H23FN6O/c1-17-7-10-29(19-5-8-25-22(16-19)28-11-13-31-14-12-28)27-23(17)21-6-9-26-30(21)20-4-2-3-18(24)15-20/h2-5,7-10,15-16,21H,1,6,11-14H2. The van der Waals surface area contributed by atoms with Crippen molar-refractivity contribution in [1.82, 2.24) is 4.98 Å². The van der Waals surface area contributed by atoms with Gasteiger partial charge in [0, 0.05) is 44.2 Å². The van der Waals surface area contributed by atoms with Gasteiger partial charge in [-0.15, -0.1) is 0 Å². The van der Waals surface area contributed by atoms with Crippen molar-refractivity contribution in [3.63, 3.8) is 0 Å². The van der Waals surface area contributed by atoms with Crippen molar-refractivity contribution >= 4 is 29.1 Å². The molecule has 5 rings (SSSR count). The first-order chi connectivity index (χ1) is 15.2. The fourth-order valence-corrected chi connectivity index (χ4v) is 3.91. The lowest BCUT2D eigenvalue weighted by Crippen LogP contribution is -2.38. The van der Waals surface area contributed by atoms with Crippen LogP contribution in [-0.4, -0.2) is 49.3 Å². The minimum Gasteiger partial charge on any atom is -0.378 e. The summed E-state index contributed by atoms with van der Waals surface area (Å²) in [7, 11) is 0. The van der Waals surface area contributed by atoms with E-state index in [1.165, 1.54) is 12.1 Å². The monoisotopic (exact) mass is 418 g/mol. The van der Waals surface area contributed by atoms with Crippen molar-refractivity contribution in [2.24, 2.45) is 10.2 Å². The highest BCUT2D eigenvalue weighted by atomic mass is 19.1. The summed E-state index contributed by atoms with van der Waals surface area (Å²) in [5.74, 6) is 0.609. The third kappa shape index (κ3) is 3.94. The van der Waals surface area contributed by atoms with E-state index in [0.29, 0.717) is 25.3 Å². The van der Waals surface area contributed by atoms with Crippen LogP contribution in [0.25, 0.3) is 0 Å². The number of nitrogens with zero attached hydrogens (tertiary/aromatic N) is 6. The third-order valence-corrected chi connectivity index (χ3v) is 5.51. The first-order valence-electron chi connectivity index (χ1n) is 10.3. The van der Waals surface area contributed by atoms with Crippen LogP contribution in [0, 0.1) is 5.82 Å². The number of hydrazone groups is 2. The van der Waals surface area contributed by atoms with Crippen LogP contribution in [0.1, 0.15) is 6.42 Å². The zero-order chi connectivity index (χ0) is 21.2. The maximum Gasteiger partial charge on any atom is 0.130 e. The van der Waals surface area contributed by atoms with Gasteiger partial charge in [0.15, 0.2) is 0 Å². The molecule has 2 aromatic rings. The topological polar surface area (TPSA) is 56.6 Å². The van der Waals surface area contributed by atoms with Gasteiger partial charge in [-0.2, -0.15) is 10.2 Å². The summed E-state index contributed by atoms with van der Waals surface area (Å²) in [6.45, 7) is 7.22. The van der Waals surface area contributed by atoms with Crippen molar-refractivity contribution < 1.29 is 9.13 Å². The van der Waals surface area contributed by atoms with Gasteiger partial charge in [-0.3, -0.25) is 5.01 Å². The van der Waals surface area contributed by atoms with Gasteiger partial charge < -0.3 is 9.64 Å². The molecule has 158 valence electrons. The van der Waals surface area contributed by atoms with Crippen LogP contribution in [0.4, 0.5) is 21.6 Å². The second kappa shape index (κ2) is 8.31. The molecule has 0 spiro atoms. The number of pyridine rings is 1. The summed E-state index contributed by atoms with van der Waals surface area (Å²) in [6, 6.07) is 10.2. The molecule has 7 nitrogen and oxygen atoms in total. The van der Waals surface area contributed by atoms with Crippen molar-refractivity contribution in [3.05, 3.63) is 72.8 Å². The number of rotatable bonds is 4. The van der Waals surface area contributed by atoms with Crippen LogP contribution in [0.5, 0.6) is 0 Å². The first-order valence-corrected chi connectivity index (χ1v) is 10.3. The Kier molecular flexibility index (Phi) is 5.21. The number of morpholine rings is 1. The summed E-state index contributed by atoms with van der Waals surface area (Å²) in [4.78, 5) is 6.73. The van der Waals surface area contributed by atoms with E-state index < -0.39 is 0 Å². The Morgan fingerprint density at radius 3 is 2.81 bits per heavy atom. The zero-order valence-electron chi connectivity index (χ0n) is 17.1. The van der Waals surface area contributed by atoms with Crippen molar-refractivity contribution in [2.45, 2.75) is 12.5 Å². The van der Waals surface area contributed by atoms with Gasteiger partial charge in [0.25, 0.3) is 0 Å². The number of benzene rings is 1. The molecule has 1 aromatic carbocycles. The van der Waals surface area contributed by atoms with Gasteiger partial charge >= 0.3 is 0 Å². The maximum atomic E-state index is 13.8. The molecule has 0 amide bonds. The van der Waals surface area contributed by atoms with Crippen molar-refractivity contribution in [3.8, 4) is 0 Å². The van der Waals surface area contributed by atoms with Crippen LogP contribution >= 0.6 is 0 Å². The highest BCUT2D eigenvalue weighted by molar-refractivity contribution is 6.10. The molecule has 3 aliphatic rings. The highest BCUT2D eigenvalue weighted by Crippen LogP contribution is 2.29. The molecule has 0 aliphatic carbocycles. The lowest BCUT2D eigenvalue weighted by Gasteiger charge is -2.30. The Balaban J connectivity index is 1.43. The Hall–Kier alpha value is -3.52. The Morgan fingerprint density at radius 2 is 1.97 bits per heavy atom. The molecule has 0 radical (unpaired) electrons. The molecule has 1 saturated heterocycles. The lowest BCUT2D eigenvalue weighted by atomic mass is 10.0. The number of hydrogen-bond donors (Lipinski definition) is 0. The molecule has 1 aromatic heterocycles. The van der Waals surface area contributed by atoms with E-state index in [9.17, 15) is 4.39 Å². The van der Waals surface area contributed by atoms with E-state index in [0.717, 1.165) is 35.9 Å². The second-order valence-electron chi connectivity index (χ2n) is 7.52. The molecule has 8 heteroatoms. The molecular formula is C23H23FN6O. The zero-order valence-corrected chi connectivity index (χ0v) is 17.1. The summed E-state index contributed by atoms with van der Waals surface area (Å²) < 4.78 is 19.2. The van der Waals surface area contributed by atoms with Gasteiger partial charge in [0.2, 0.25) is 0 Å².